The van der Waals surface area contributed by atoms with Crippen LogP contribution in [-0.4, -0.2) is 84.8 Å². The number of aromatic hydroxyl groups is 1. The molecule has 37 heavy (non-hydrogen) atoms. The second-order valence-corrected chi connectivity index (χ2v) is 9.14. The summed E-state index contributed by atoms with van der Waals surface area (Å²) in [5.74, 6) is -0.801. The number of rotatable bonds is 9. The Labute approximate surface area is 216 Å². The summed E-state index contributed by atoms with van der Waals surface area (Å²) in [4.78, 5) is 30.4. The summed E-state index contributed by atoms with van der Waals surface area (Å²) in [6, 6.07) is 9.02. The molecule has 1 amide bonds. The highest BCUT2D eigenvalue weighted by Gasteiger charge is 2.46. The number of ether oxygens (including phenoxy) is 3. The fourth-order valence-corrected chi connectivity index (χ4v) is 4.90. The lowest BCUT2D eigenvalue weighted by Gasteiger charge is -2.29. The van der Waals surface area contributed by atoms with E-state index in [-0.39, 0.29) is 22.8 Å². The van der Waals surface area contributed by atoms with Crippen molar-refractivity contribution in [3.8, 4) is 17.2 Å². The topological polar surface area (TPSA) is 109 Å². The molecule has 2 aromatic carbocycles. The molecule has 2 saturated heterocycles. The number of phenols is 1. The smallest absolute Gasteiger partial charge is 0.295 e. The first-order valence-electron chi connectivity index (χ1n) is 12.5. The maximum Gasteiger partial charge on any atom is 0.295 e. The molecule has 0 spiro atoms. The van der Waals surface area contributed by atoms with E-state index in [0.717, 1.165) is 25.2 Å². The van der Waals surface area contributed by atoms with Crippen LogP contribution in [0.15, 0.2) is 42.0 Å². The lowest BCUT2D eigenvalue weighted by atomic mass is 9.94. The number of methoxy groups -OCH3 is 1. The zero-order chi connectivity index (χ0) is 26.5. The summed E-state index contributed by atoms with van der Waals surface area (Å²) in [6.45, 7) is 8.08. The average Bonchev–Trinajstić information content (AvgIpc) is 3.15. The first-order valence-corrected chi connectivity index (χ1v) is 12.5. The molecule has 9 heteroatoms. The normalized spacial score (nSPS) is 19.9. The van der Waals surface area contributed by atoms with Gasteiger partial charge in [-0.15, -0.1) is 0 Å². The highest BCUT2D eigenvalue weighted by Crippen LogP contribution is 2.42. The number of aliphatic hydroxyl groups excluding tert-OH is 1. The Kier molecular flexibility index (Phi) is 8.35. The fraction of sp³-hybridized carbons (Fsp3) is 0.429. The second kappa shape index (κ2) is 11.7. The summed E-state index contributed by atoms with van der Waals surface area (Å²) in [5, 5.41) is 21.6. The summed E-state index contributed by atoms with van der Waals surface area (Å²) < 4.78 is 16.3. The number of Topliss-reactive ketones (excluding diaryl/α,β-unsaturated/α-hetero) is 1. The average molecular weight is 511 g/mol. The number of morpholine rings is 1. The van der Waals surface area contributed by atoms with Gasteiger partial charge in [0.25, 0.3) is 11.7 Å². The number of carbonyl (C=O) groups excluding carboxylic acids is 2. The van der Waals surface area contributed by atoms with Crippen LogP contribution in [0, 0.1) is 6.92 Å². The number of ketones is 1. The molecular formula is C28H34N2O7. The number of likely N-dealkylation sites (tertiary alicyclic amines) is 1. The van der Waals surface area contributed by atoms with Crippen molar-refractivity contribution in [2.75, 3.05) is 53.1 Å². The lowest BCUT2D eigenvalue weighted by molar-refractivity contribution is -0.140. The third kappa shape index (κ3) is 5.57. The highest BCUT2D eigenvalue weighted by molar-refractivity contribution is 6.46. The molecule has 0 unspecified atom stereocenters. The quantitative estimate of drug-likeness (QED) is 0.301. The zero-order valence-corrected chi connectivity index (χ0v) is 21.5. The number of phenolic OH excluding ortho intramolecular Hbond substituents is 1. The lowest BCUT2D eigenvalue weighted by Crippen LogP contribution is -2.38. The molecular weight excluding hydrogens is 476 g/mol. The number of aryl methyl sites for hydroxylation is 1. The number of hydrogen-bond acceptors (Lipinski definition) is 8. The van der Waals surface area contributed by atoms with Crippen molar-refractivity contribution in [3.63, 3.8) is 0 Å². The van der Waals surface area contributed by atoms with Gasteiger partial charge in [-0.2, -0.15) is 0 Å². The predicted molar refractivity (Wildman–Crippen MR) is 138 cm³/mol. The summed E-state index contributed by atoms with van der Waals surface area (Å²) in [6.07, 6.45) is 0.654. The molecule has 0 bridgehead atoms. The summed E-state index contributed by atoms with van der Waals surface area (Å²) >= 11 is 0. The fourth-order valence-electron chi connectivity index (χ4n) is 4.90. The van der Waals surface area contributed by atoms with Crippen LogP contribution in [0.1, 0.15) is 36.1 Å². The van der Waals surface area contributed by atoms with Crippen LogP contribution in [0.5, 0.6) is 17.2 Å². The van der Waals surface area contributed by atoms with Gasteiger partial charge in [0, 0.05) is 31.7 Å². The molecule has 2 heterocycles. The van der Waals surface area contributed by atoms with E-state index >= 15 is 0 Å². The standard InChI is InChI=1S/C28H34N2O7/c1-4-37-23-17-19(6-8-21(23)31)25-24(26(32)20-7-9-22(35-3)18(2)16-20)27(33)28(34)30(25)11-5-10-29-12-14-36-15-13-29/h6-9,16-17,25,31-32H,4-5,10-15H2,1-3H3/b26-24+/t25-/m1/s1. The number of hydrogen-bond donors (Lipinski definition) is 2. The molecule has 0 saturated carbocycles. The maximum absolute atomic E-state index is 13.3. The number of carbonyl (C=O) groups is 2. The molecule has 4 rings (SSSR count). The highest BCUT2D eigenvalue weighted by atomic mass is 16.5. The van der Waals surface area contributed by atoms with Crippen molar-refractivity contribution in [2.24, 2.45) is 0 Å². The Morgan fingerprint density at radius 1 is 1.08 bits per heavy atom. The van der Waals surface area contributed by atoms with E-state index in [9.17, 15) is 19.8 Å². The molecule has 2 N–H and O–H groups in total. The number of aliphatic hydroxyl groups is 1. The molecule has 2 fully saturated rings. The van der Waals surface area contributed by atoms with Gasteiger partial charge in [-0.3, -0.25) is 14.5 Å². The van der Waals surface area contributed by atoms with Crippen molar-refractivity contribution in [3.05, 3.63) is 58.7 Å². The van der Waals surface area contributed by atoms with Crippen LogP contribution in [0.4, 0.5) is 0 Å². The molecule has 0 radical (unpaired) electrons. The number of benzene rings is 2. The Balaban J connectivity index is 1.73. The Morgan fingerprint density at radius 3 is 2.51 bits per heavy atom. The molecule has 9 nitrogen and oxygen atoms in total. The second-order valence-electron chi connectivity index (χ2n) is 9.14. The van der Waals surface area contributed by atoms with Gasteiger partial charge in [-0.1, -0.05) is 6.07 Å². The summed E-state index contributed by atoms with van der Waals surface area (Å²) in [5.41, 5.74) is 1.78. The minimum absolute atomic E-state index is 0.00841. The van der Waals surface area contributed by atoms with Crippen molar-refractivity contribution in [1.29, 1.82) is 0 Å². The van der Waals surface area contributed by atoms with Gasteiger partial charge in [0.1, 0.15) is 11.5 Å². The molecule has 0 aromatic heterocycles. The van der Waals surface area contributed by atoms with Gasteiger partial charge in [0.05, 0.1) is 38.5 Å². The van der Waals surface area contributed by atoms with E-state index in [1.54, 1.807) is 44.4 Å². The first-order chi connectivity index (χ1) is 17.8. The Morgan fingerprint density at radius 2 is 1.84 bits per heavy atom. The van der Waals surface area contributed by atoms with Crippen LogP contribution in [0.3, 0.4) is 0 Å². The van der Waals surface area contributed by atoms with Gasteiger partial charge in [0.15, 0.2) is 11.5 Å². The third-order valence-corrected chi connectivity index (χ3v) is 6.78. The minimum Gasteiger partial charge on any atom is -0.507 e. The Bertz CT molecular complexity index is 1190. The van der Waals surface area contributed by atoms with E-state index < -0.39 is 17.7 Å². The van der Waals surface area contributed by atoms with Gasteiger partial charge < -0.3 is 29.3 Å². The Hall–Kier alpha value is -3.56. The summed E-state index contributed by atoms with van der Waals surface area (Å²) in [7, 11) is 1.56. The van der Waals surface area contributed by atoms with Gasteiger partial charge in [-0.05, 0) is 61.7 Å². The van der Waals surface area contributed by atoms with Crippen LogP contribution < -0.4 is 9.47 Å². The largest absolute Gasteiger partial charge is 0.507 e. The molecule has 2 aromatic rings. The van der Waals surface area contributed by atoms with Crippen LogP contribution >= 0.6 is 0 Å². The van der Waals surface area contributed by atoms with Gasteiger partial charge in [-0.25, -0.2) is 0 Å². The van der Waals surface area contributed by atoms with Crippen molar-refractivity contribution >= 4 is 17.4 Å². The predicted octanol–water partition coefficient (Wildman–Crippen LogP) is 3.25. The zero-order valence-electron chi connectivity index (χ0n) is 21.5. The molecule has 2 aliphatic rings. The van der Waals surface area contributed by atoms with E-state index in [4.69, 9.17) is 14.2 Å². The molecule has 198 valence electrons. The van der Waals surface area contributed by atoms with Crippen molar-refractivity contribution in [2.45, 2.75) is 26.3 Å². The SMILES string of the molecule is CCOc1cc([C@@H]2/C(=C(\O)c3ccc(OC)c(C)c3)C(=O)C(=O)N2CCCN2CCOCC2)ccc1O. The van der Waals surface area contributed by atoms with E-state index in [2.05, 4.69) is 4.90 Å². The molecule has 0 aliphatic carbocycles. The minimum atomic E-state index is -0.827. The monoisotopic (exact) mass is 510 g/mol. The van der Waals surface area contributed by atoms with Gasteiger partial charge >= 0.3 is 0 Å². The van der Waals surface area contributed by atoms with E-state index in [1.165, 1.54) is 11.0 Å². The van der Waals surface area contributed by atoms with Gasteiger partial charge in [0.2, 0.25) is 0 Å². The maximum atomic E-state index is 13.3. The van der Waals surface area contributed by atoms with E-state index in [0.29, 0.717) is 49.7 Å². The van der Waals surface area contributed by atoms with Crippen molar-refractivity contribution in [1.82, 2.24) is 9.80 Å². The number of nitrogens with zero attached hydrogens (tertiary/aromatic N) is 2. The van der Waals surface area contributed by atoms with Crippen LogP contribution in [-0.2, 0) is 14.3 Å². The third-order valence-electron chi connectivity index (χ3n) is 6.78. The first kappa shape index (κ1) is 26.5. The molecule has 2 aliphatic heterocycles. The van der Waals surface area contributed by atoms with Crippen molar-refractivity contribution < 1.29 is 34.0 Å². The molecule has 1 atom stereocenters. The number of amides is 1. The van der Waals surface area contributed by atoms with E-state index in [1.807, 2.05) is 6.92 Å². The van der Waals surface area contributed by atoms with Crippen LogP contribution in [0.25, 0.3) is 5.76 Å². The van der Waals surface area contributed by atoms with Crippen LogP contribution in [0.2, 0.25) is 0 Å².